The number of carbonyl (C=O) groups is 1. The van der Waals surface area contributed by atoms with Gasteiger partial charge in [0.15, 0.2) is 23.0 Å². The van der Waals surface area contributed by atoms with Crippen molar-refractivity contribution in [3.05, 3.63) is 54.1 Å². The highest BCUT2D eigenvalue weighted by Gasteiger charge is 2.17. The van der Waals surface area contributed by atoms with Gasteiger partial charge in [0, 0.05) is 11.9 Å². The largest absolute Gasteiger partial charge is 0.493 e. The minimum absolute atomic E-state index is 0.0383. The van der Waals surface area contributed by atoms with E-state index in [1.165, 1.54) is 0 Å². The van der Waals surface area contributed by atoms with Crippen molar-refractivity contribution in [1.82, 2.24) is 9.38 Å². The summed E-state index contributed by atoms with van der Waals surface area (Å²) in [7, 11) is 1.55. The van der Waals surface area contributed by atoms with E-state index >= 15 is 0 Å². The molecule has 3 aromatic rings. The fourth-order valence-corrected chi connectivity index (χ4v) is 2.30. The number of imidazole rings is 1. The van der Waals surface area contributed by atoms with Crippen LogP contribution in [0.15, 0.2) is 42.6 Å². The van der Waals surface area contributed by atoms with E-state index in [0.717, 1.165) is 0 Å². The highest BCUT2D eigenvalue weighted by Crippen LogP contribution is 2.27. The van der Waals surface area contributed by atoms with Crippen LogP contribution in [0.2, 0.25) is 0 Å². The fourth-order valence-electron chi connectivity index (χ4n) is 2.30. The predicted molar refractivity (Wildman–Crippen MR) is 83.9 cm³/mol. The van der Waals surface area contributed by atoms with Crippen molar-refractivity contribution in [1.29, 1.82) is 0 Å². The minimum atomic E-state index is -1.10. The van der Waals surface area contributed by atoms with Crippen molar-refractivity contribution in [2.75, 3.05) is 12.8 Å². The summed E-state index contributed by atoms with van der Waals surface area (Å²) in [6, 6.07) is 10.5. The number of pyridine rings is 1. The Balaban J connectivity index is 1.96. The fraction of sp³-hybridized carbons (Fsp3) is 0.125. The first-order valence-corrected chi connectivity index (χ1v) is 6.85. The molecule has 0 bridgehead atoms. The number of ether oxygens (including phenoxy) is 2. The Bertz CT molecular complexity index is 873. The van der Waals surface area contributed by atoms with Gasteiger partial charge in [-0.05, 0) is 24.3 Å². The van der Waals surface area contributed by atoms with Crippen molar-refractivity contribution in [2.45, 2.75) is 6.61 Å². The Morgan fingerprint density at radius 1 is 1.26 bits per heavy atom. The second-order valence-electron chi connectivity index (χ2n) is 4.84. The lowest BCUT2D eigenvalue weighted by Gasteiger charge is -2.09. The van der Waals surface area contributed by atoms with Crippen molar-refractivity contribution in [3.63, 3.8) is 0 Å². The van der Waals surface area contributed by atoms with Gasteiger partial charge >= 0.3 is 5.97 Å². The molecule has 23 heavy (non-hydrogen) atoms. The second-order valence-corrected chi connectivity index (χ2v) is 4.84. The number of methoxy groups -OCH3 is 1. The van der Waals surface area contributed by atoms with Crippen LogP contribution in [0.25, 0.3) is 5.52 Å². The molecule has 3 rings (SSSR count). The Kier molecular flexibility index (Phi) is 3.76. The molecule has 2 aromatic heterocycles. The summed E-state index contributed by atoms with van der Waals surface area (Å²) >= 11 is 0. The Labute approximate surface area is 131 Å². The molecular formula is C16H15N3O4. The molecule has 118 valence electrons. The second kappa shape index (κ2) is 5.88. The predicted octanol–water partition coefficient (Wildman–Crippen LogP) is 2.20. The molecule has 0 atom stereocenters. The summed E-state index contributed by atoms with van der Waals surface area (Å²) in [5, 5.41) is 9.27. The van der Waals surface area contributed by atoms with Gasteiger partial charge in [-0.3, -0.25) is 4.40 Å². The molecule has 3 N–H and O–H groups in total. The summed E-state index contributed by atoms with van der Waals surface area (Å²) in [5.74, 6) is 0.477. The van der Waals surface area contributed by atoms with Crippen molar-refractivity contribution in [3.8, 4) is 11.5 Å². The molecule has 0 aliphatic carbocycles. The number of nitrogen functional groups attached to an aromatic ring is 1. The van der Waals surface area contributed by atoms with Crippen LogP contribution in [0.4, 0.5) is 5.69 Å². The average molecular weight is 313 g/mol. The van der Waals surface area contributed by atoms with E-state index in [0.29, 0.717) is 28.5 Å². The third-order valence-corrected chi connectivity index (χ3v) is 3.36. The molecule has 0 saturated carbocycles. The number of nitrogens with two attached hydrogens (primary N) is 1. The first kappa shape index (κ1) is 14.7. The van der Waals surface area contributed by atoms with Gasteiger partial charge in [0.05, 0.1) is 12.6 Å². The molecule has 0 fully saturated rings. The molecule has 7 nitrogen and oxygen atoms in total. The number of fused-ring (bicyclic) bond motifs is 1. The molecule has 0 saturated heterocycles. The maximum atomic E-state index is 11.3. The van der Waals surface area contributed by atoms with Crippen molar-refractivity contribution >= 4 is 17.2 Å². The van der Waals surface area contributed by atoms with E-state index in [1.54, 1.807) is 42.0 Å². The maximum absolute atomic E-state index is 11.3. The lowest BCUT2D eigenvalue weighted by Crippen LogP contribution is -2.03. The van der Waals surface area contributed by atoms with Crippen LogP contribution in [0, 0.1) is 0 Å². The number of carboxylic acids is 1. The van der Waals surface area contributed by atoms with Crippen LogP contribution >= 0.6 is 0 Å². The molecule has 0 spiro atoms. The molecule has 0 radical (unpaired) electrons. The number of rotatable bonds is 5. The van der Waals surface area contributed by atoms with Gasteiger partial charge in [0.1, 0.15) is 6.61 Å². The standard InChI is InChI=1S/C16H15N3O4/c1-22-12-4-2-3-5-13(12)23-9-14-18-15(16(20)21)11-7-6-10(17)8-19(11)14/h2-8H,9,17H2,1H3,(H,20,21). The number of aromatic nitrogens is 2. The third kappa shape index (κ3) is 2.76. The minimum Gasteiger partial charge on any atom is -0.493 e. The summed E-state index contributed by atoms with van der Waals surface area (Å²) < 4.78 is 12.5. The lowest BCUT2D eigenvalue weighted by molar-refractivity contribution is 0.0693. The van der Waals surface area contributed by atoms with Crippen LogP contribution in [-0.4, -0.2) is 27.6 Å². The van der Waals surface area contributed by atoms with E-state index in [1.807, 2.05) is 12.1 Å². The lowest BCUT2D eigenvalue weighted by atomic mass is 10.3. The van der Waals surface area contributed by atoms with E-state index < -0.39 is 5.97 Å². The molecule has 0 amide bonds. The Morgan fingerprint density at radius 2 is 2.00 bits per heavy atom. The van der Waals surface area contributed by atoms with Gasteiger partial charge < -0.3 is 20.3 Å². The first-order chi connectivity index (χ1) is 11.1. The quantitative estimate of drug-likeness (QED) is 0.749. The van der Waals surface area contributed by atoms with Crippen LogP contribution in [0.1, 0.15) is 16.3 Å². The Morgan fingerprint density at radius 3 is 2.70 bits per heavy atom. The summed E-state index contributed by atoms with van der Waals surface area (Å²) in [5.41, 5.74) is 6.70. The summed E-state index contributed by atoms with van der Waals surface area (Å²) in [4.78, 5) is 15.5. The molecule has 0 aliphatic rings. The van der Waals surface area contributed by atoms with Crippen LogP contribution in [-0.2, 0) is 6.61 Å². The number of hydrogen-bond donors (Lipinski definition) is 2. The van der Waals surface area contributed by atoms with Crippen LogP contribution in [0.5, 0.6) is 11.5 Å². The van der Waals surface area contributed by atoms with Gasteiger partial charge in [-0.1, -0.05) is 12.1 Å². The smallest absolute Gasteiger partial charge is 0.356 e. The molecule has 0 unspecified atom stereocenters. The van der Waals surface area contributed by atoms with E-state index in [2.05, 4.69) is 4.98 Å². The van der Waals surface area contributed by atoms with Gasteiger partial charge in [-0.2, -0.15) is 0 Å². The van der Waals surface area contributed by atoms with E-state index in [4.69, 9.17) is 15.2 Å². The summed E-state index contributed by atoms with van der Waals surface area (Å²) in [6.45, 7) is 0.0816. The highest BCUT2D eigenvalue weighted by atomic mass is 16.5. The van der Waals surface area contributed by atoms with Crippen LogP contribution in [0.3, 0.4) is 0 Å². The highest BCUT2D eigenvalue weighted by molar-refractivity contribution is 5.93. The number of benzene rings is 1. The average Bonchev–Trinajstić information content (AvgIpc) is 2.91. The molecule has 7 heteroatoms. The first-order valence-electron chi connectivity index (χ1n) is 6.85. The van der Waals surface area contributed by atoms with Gasteiger partial charge in [-0.15, -0.1) is 0 Å². The summed E-state index contributed by atoms with van der Waals surface area (Å²) in [6.07, 6.45) is 1.62. The number of carboxylic acid groups (broad SMARTS) is 1. The molecular weight excluding hydrogens is 298 g/mol. The molecule has 2 heterocycles. The zero-order chi connectivity index (χ0) is 16.4. The molecule has 0 aliphatic heterocycles. The third-order valence-electron chi connectivity index (χ3n) is 3.36. The number of para-hydroxylation sites is 2. The van der Waals surface area contributed by atoms with E-state index in [9.17, 15) is 9.90 Å². The number of nitrogens with zero attached hydrogens (tertiary/aromatic N) is 2. The van der Waals surface area contributed by atoms with Crippen molar-refractivity contribution in [2.24, 2.45) is 0 Å². The number of hydrogen-bond acceptors (Lipinski definition) is 5. The maximum Gasteiger partial charge on any atom is 0.356 e. The van der Waals surface area contributed by atoms with Crippen molar-refractivity contribution < 1.29 is 19.4 Å². The SMILES string of the molecule is COc1ccccc1OCc1nc(C(=O)O)c2ccc(N)cn12. The van der Waals surface area contributed by atoms with E-state index in [-0.39, 0.29) is 12.3 Å². The van der Waals surface area contributed by atoms with Gasteiger partial charge in [0.25, 0.3) is 0 Å². The normalized spacial score (nSPS) is 10.7. The number of aromatic carboxylic acids is 1. The zero-order valence-corrected chi connectivity index (χ0v) is 12.4. The monoisotopic (exact) mass is 313 g/mol. The van der Waals surface area contributed by atoms with Crippen LogP contribution < -0.4 is 15.2 Å². The van der Waals surface area contributed by atoms with Gasteiger partial charge in [-0.25, -0.2) is 9.78 Å². The molecule has 1 aromatic carbocycles. The van der Waals surface area contributed by atoms with Gasteiger partial charge in [0.2, 0.25) is 0 Å². The Hall–Kier alpha value is -3.22. The zero-order valence-electron chi connectivity index (χ0n) is 12.4. The number of anilines is 1. The topological polar surface area (TPSA) is 99.1 Å².